The first-order valence-electron chi connectivity index (χ1n) is 7.08. The summed E-state index contributed by atoms with van der Waals surface area (Å²) in [5.74, 6) is -0.159. The zero-order valence-electron chi connectivity index (χ0n) is 11.6. The molecule has 1 fully saturated rings. The van der Waals surface area contributed by atoms with Crippen LogP contribution in [0.2, 0.25) is 0 Å². The minimum Gasteiger partial charge on any atom is -0.490 e. The quantitative estimate of drug-likeness (QED) is 0.897. The Bertz CT molecular complexity index is 571. The largest absolute Gasteiger partial charge is 0.490 e. The first-order valence-corrected chi connectivity index (χ1v) is 7.08. The zero-order valence-corrected chi connectivity index (χ0v) is 11.6. The average molecular weight is 291 g/mol. The number of hydrogen-bond donors (Lipinski definition) is 1. The van der Waals surface area contributed by atoms with E-state index in [1.165, 1.54) is 4.90 Å². The smallest absolute Gasteiger partial charge is 0.308 e. The predicted molar refractivity (Wildman–Crippen MR) is 74.8 cm³/mol. The highest BCUT2D eigenvalue weighted by Crippen LogP contribution is 2.35. The Labute approximate surface area is 122 Å². The van der Waals surface area contributed by atoms with E-state index in [1.807, 2.05) is 0 Å². The van der Waals surface area contributed by atoms with Crippen molar-refractivity contribution in [2.75, 3.05) is 24.7 Å². The van der Waals surface area contributed by atoms with Gasteiger partial charge in [-0.2, -0.15) is 0 Å². The minimum atomic E-state index is -0.859. The fourth-order valence-corrected chi connectivity index (χ4v) is 2.62. The molecule has 6 nitrogen and oxygen atoms in total. The van der Waals surface area contributed by atoms with Crippen LogP contribution in [0.25, 0.3) is 0 Å². The molecule has 1 aromatic carbocycles. The number of amides is 1. The number of aliphatic carboxylic acids is 1. The molecule has 2 heterocycles. The number of nitrogens with zero attached hydrogens (tertiary/aromatic N) is 1. The topological polar surface area (TPSA) is 76.1 Å². The predicted octanol–water partition coefficient (Wildman–Crippen LogP) is 1.68. The Kier molecular flexibility index (Phi) is 3.68. The van der Waals surface area contributed by atoms with Crippen molar-refractivity contribution in [3.8, 4) is 11.5 Å². The highest BCUT2D eigenvalue weighted by Gasteiger charge is 2.31. The standard InChI is InChI=1S/C15H17NO5/c17-14-5-2-10(15(18)19)9-16(14)11-3-4-12-13(8-11)21-7-1-6-20-12/h3-4,8,10H,1-2,5-7,9H2,(H,18,19). The summed E-state index contributed by atoms with van der Waals surface area (Å²) in [6.45, 7) is 1.38. The van der Waals surface area contributed by atoms with Gasteiger partial charge in [0.15, 0.2) is 11.5 Å². The van der Waals surface area contributed by atoms with Gasteiger partial charge in [0.2, 0.25) is 5.91 Å². The highest BCUT2D eigenvalue weighted by atomic mass is 16.5. The maximum atomic E-state index is 12.1. The molecular weight excluding hydrogens is 274 g/mol. The van der Waals surface area contributed by atoms with Crippen LogP contribution in [-0.2, 0) is 9.59 Å². The van der Waals surface area contributed by atoms with E-state index < -0.39 is 11.9 Å². The fourth-order valence-electron chi connectivity index (χ4n) is 2.62. The van der Waals surface area contributed by atoms with Crippen LogP contribution in [0.4, 0.5) is 5.69 Å². The molecule has 0 radical (unpaired) electrons. The maximum absolute atomic E-state index is 12.1. The molecule has 1 amide bonds. The highest BCUT2D eigenvalue weighted by molar-refractivity contribution is 5.95. The van der Waals surface area contributed by atoms with Crippen LogP contribution >= 0.6 is 0 Å². The van der Waals surface area contributed by atoms with Crippen molar-refractivity contribution < 1.29 is 24.2 Å². The SMILES string of the molecule is O=C(O)C1CCC(=O)N(c2ccc3c(c2)OCCCO3)C1. The second kappa shape index (κ2) is 5.63. The van der Waals surface area contributed by atoms with Gasteiger partial charge in [-0.25, -0.2) is 0 Å². The third kappa shape index (κ3) is 2.79. The summed E-state index contributed by atoms with van der Waals surface area (Å²) < 4.78 is 11.2. The molecule has 2 aliphatic rings. The molecule has 0 aromatic heterocycles. The summed E-state index contributed by atoms with van der Waals surface area (Å²) in [6, 6.07) is 5.30. The van der Waals surface area contributed by atoms with Crippen molar-refractivity contribution in [1.29, 1.82) is 0 Å². The Balaban J connectivity index is 1.86. The van der Waals surface area contributed by atoms with Gasteiger partial charge in [0.05, 0.1) is 19.1 Å². The molecule has 0 spiro atoms. The third-order valence-electron chi connectivity index (χ3n) is 3.80. The first kappa shape index (κ1) is 13.7. The number of anilines is 1. The van der Waals surface area contributed by atoms with Crippen LogP contribution in [0.15, 0.2) is 18.2 Å². The van der Waals surface area contributed by atoms with E-state index in [9.17, 15) is 9.59 Å². The van der Waals surface area contributed by atoms with Gasteiger partial charge < -0.3 is 19.5 Å². The van der Waals surface area contributed by atoms with Gasteiger partial charge in [-0.15, -0.1) is 0 Å². The summed E-state index contributed by atoms with van der Waals surface area (Å²) >= 11 is 0. The average Bonchev–Trinajstić information content (AvgIpc) is 2.72. The number of piperidine rings is 1. The minimum absolute atomic E-state index is 0.0537. The summed E-state index contributed by atoms with van der Waals surface area (Å²) in [5.41, 5.74) is 0.662. The molecular formula is C15H17NO5. The molecule has 1 atom stereocenters. The Morgan fingerprint density at radius 1 is 1.24 bits per heavy atom. The van der Waals surface area contributed by atoms with Crippen molar-refractivity contribution in [3.63, 3.8) is 0 Å². The van der Waals surface area contributed by atoms with Crippen molar-refractivity contribution in [2.24, 2.45) is 5.92 Å². The first-order chi connectivity index (χ1) is 10.1. The van der Waals surface area contributed by atoms with E-state index in [1.54, 1.807) is 18.2 Å². The van der Waals surface area contributed by atoms with Gasteiger partial charge in [-0.3, -0.25) is 9.59 Å². The number of rotatable bonds is 2. The molecule has 0 bridgehead atoms. The van der Waals surface area contributed by atoms with Crippen LogP contribution in [0.1, 0.15) is 19.3 Å². The molecule has 0 saturated carbocycles. The third-order valence-corrected chi connectivity index (χ3v) is 3.80. The zero-order chi connectivity index (χ0) is 14.8. The van der Waals surface area contributed by atoms with E-state index in [-0.39, 0.29) is 18.9 Å². The summed E-state index contributed by atoms with van der Waals surface area (Å²) in [7, 11) is 0. The molecule has 2 aliphatic heterocycles. The Morgan fingerprint density at radius 3 is 2.76 bits per heavy atom. The number of carboxylic acid groups (broad SMARTS) is 1. The number of fused-ring (bicyclic) bond motifs is 1. The van der Waals surface area contributed by atoms with E-state index in [2.05, 4.69) is 0 Å². The molecule has 112 valence electrons. The van der Waals surface area contributed by atoms with Gasteiger partial charge in [0, 0.05) is 31.1 Å². The van der Waals surface area contributed by atoms with Crippen molar-refractivity contribution in [1.82, 2.24) is 0 Å². The molecule has 3 rings (SSSR count). The van der Waals surface area contributed by atoms with E-state index in [0.29, 0.717) is 36.8 Å². The van der Waals surface area contributed by atoms with E-state index >= 15 is 0 Å². The molecule has 21 heavy (non-hydrogen) atoms. The van der Waals surface area contributed by atoms with Crippen LogP contribution in [0.5, 0.6) is 11.5 Å². The lowest BCUT2D eigenvalue weighted by Gasteiger charge is -2.31. The lowest BCUT2D eigenvalue weighted by Crippen LogP contribution is -2.42. The van der Waals surface area contributed by atoms with E-state index in [0.717, 1.165) is 6.42 Å². The van der Waals surface area contributed by atoms with Crippen LogP contribution in [0, 0.1) is 5.92 Å². The van der Waals surface area contributed by atoms with Crippen LogP contribution in [-0.4, -0.2) is 36.7 Å². The molecule has 6 heteroatoms. The number of ether oxygens (including phenoxy) is 2. The fraction of sp³-hybridized carbons (Fsp3) is 0.467. The molecule has 1 N–H and O–H groups in total. The molecule has 1 unspecified atom stereocenters. The van der Waals surface area contributed by atoms with Crippen molar-refractivity contribution in [2.45, 2.75) is 19.3 Å². The monoisotopic (exact) mass is 291 g/mol. The van der Waals surface area contributed by atoms with Gasteiger partial charge in [0.1, 0.15) is 0 Å². The lowest BCUT2D eigenvalue weighted by molar-refractivity contribution is -0.142. The molecule has 1 aromatic rings. The van der Waals surface area contributed by atoms with Gasteiger partial charge >= 0.3 is 5.97 Å². The number of carboxylic acids is 1. The van der Waals surface area contributed by atoms with Gasteiger partial charge in [0.25, 0.3) is 0 Å². The number of carbonyl (C=O) groups is 2. The van der Waals surface area contributed by atoms with Crippen molar-refractivity contribution in [3.05, 3.63) is 18.2 Å². The van der Waals surface area contributed by atoms with Gasteiger partial charge in [-0.05, 0) is 18.6 Å². The normalized spacial score (nSPS) is 21.8. The number of carbonyl (C=O) groups excluding carboxylic acids is 1. The molecule has 0 aliphatic carbocycles. The lowest BCUT2D eigenvalue weighted by atomic mass is 9.97. The van der Waals surface area contributed by atoms with Crippen molar-refractivity contribution >= 4 is 17.6 Å². The summed E-state index contributed by atoms with van der Waals surface area (Å²) in [6.07, 6.45) is 1.47. The number of benzene rings is 1. The number of hydrogen-bond acceptors (Lipinski definition) is 4. The van der Waals surface area contributed by atoms with E-state index in [4.69, 9.17) is 14.6 Å². The Morgan fingerprint density at radius 2 is 2.00 bits per heavy atom. The van der Waals surface area contributed by atoms with Gasteiger partial charge in [-0.1, -0.05) is 0 Å². The maximum Gasteiger partial charge on any atom is 0.308 e. The molecule has 1 saturated heterocycles. The summed E-state index contributed by atoms with van der Waals surface area (Å²) in [4.78, 5) is 24.7. The second-order valence-corrected chi connectivity index (χ2v) is 5.26. The van der Waals surface area contributed by atoms with Crippen LogP contribution < -0.4 is 14.4 Å². The Hall–Kier alpha value is -2.24. The second-order valence-electron chi connectivity index (χ2n) is 5.26. The summed E-state index contributed by atoms with van der Waals surface area (Å²) in [5, 5.41) is 9.14. The van der Waals surface area contributed by atoms with Crippen LogP contribution in [0.3, 0.4) is 0 Å².